The van der Waals surface area contributed by atoms with Crippen LogP contribution in [0.25, 0.3) is 0 Å². The number of aryl methyl sites for hydroxylation is 1. The number of benzene rings is 2. The molecule has 2 aromatic carbocycles. The van der Waals surface area contributed by atoms with E-state index < -0.39 is 11.9 Å². The number of anilines is 1. The fourth-order valence-electron chi connectivity index (χ4n) is 4.00. The number of halogens is 1. The first-order valence-electron chi connectivity index (χ1n) is 11.3. The van der Waals surface area contributed by atoms with E-state index in [1.807, 2.05) is 0 Å². The van der Waals surface area contributed by atoms with Crippen LogP contribution in [0.15, 0.2) is 30.3 Å². The number of esters is 1. The van der Waals surface area contributed by atoms with E-state index in [0.29, 0.717) is 22.7 Å². The molecule has 1 fully saturated rings. The molecule has 1 aliphatic carbocycles. The van der Waals surface area contributed by atoms with Crippen LogP contribution >= 0.6 is 11.6 Å². The van der Waals surface area contributed by atoms with E-state index in [1.54, 1.807) is 37.9 Å². The minimum atomic E-state index is -0.990. The van der Waals surface area contributed by atoms with E-state index >= 15 is 0 Å². The SMILES string of the molecule is CCOC(=O)C(=O)Nc1cc(C)c(Oc2ccc(O)c(C(=O)N(C)C3CCCCC3)c2)c(Cl)c1. The summed E-state index contributed by atoms with van der Waals surface area (Å²) < 4.78 is 10.6. The Morgan fingerprint density at radius 3 is 2.50 bits per heavy atom. The third-order valence-electron chi connectivity index (χ3n) is 5.81. The highest BCUT2D eigenvalue weighted by Gasteiger charge is 2.25. The first-order valence-corrected chi connectivity index (χ1v) is 11.6. The van der Waals surface area contributed by atoms with Gasteiger partial charge in [-0.15, -0.1) is 0 Å². The van der Waals surface area contributed by atoms with Gasteiger partial charge in [0.15, 0.2) is 0 Å². The molecule has 0 spiro atoms. The van der Waals surface area contributed by atoms with E-state index in [2.05, 4.69) is 10.1 Å². The lowest BCUT2D eigenvalue weighted by Gasteiger charge is -2.31. The number of nitrogens with zero attached hydrogens (tertiary/aromatic N) is 1. The molecule has 9 heteroatoms. The Morgan fingerprint density at radius 2 is 1.85 bits per heavy atom. The summed E-state index contributed by atoms with van der Waals surface area (Å²) in [6.45, 7) is 3.42. The lowest BCUT2D eigenvalue weighted by atomic mass is 9.94. The quantitative estimate of drug-likeness (QED) is 0.435. The molecule has 0 unspecified atom stereocenters. The van der Waals surface area contributed by atoms with Gasteiger partial charge in [-0.25, -0.2) is 4.79 Å². The third-order valence-corrected chi connectivity index (χ3v) is 6.09. The van der Waals surface area contributed by atoms with E-state index in [4.69, 9.17) is 16.3 Å². The number of hydrogen-bond acceptors (Lipinski definition) is 6. The molecule has 2 N–H and O–H groups in total. The Balaban J connectivity index is 1.78. The molecular formula is C25H29ClN2O6. The van der Waals surface area contributed by atoms with Crippen molar-refractivity contribution in [1.29, 1.82) is 0 Å². The maximum Gasteiger partial charge on any atom is 0.397 e. The monoisotopic (exact) mass is 488 g/mol. The van der Waals surface area contributed by atoms with Crippen molar-refractivity contribution < 1.29 is 29.0 Å². The van der Waals surface area contributed by atoms with E-state index in [0.717, 1.165) is 25.7 Å². The van der Waals surface area contributed by atoms with Crippen LogP contribution in [0.3, 0.4) is 0 Å². The van der Waals surface area contributed by atoms with Gasteiger partial charge >= 0.3 is 11.9 Å². The molecule has 3 rings (SSSR count). The number of phenols is 1. The zero-order chi connectivity index (χ0) is 24.8. The fourth-order valence-corrected chi connectivity index (χ4v) is 4.31. The predicted molar refractivity (Wildman–Crippen MR) is 129 cm³/mol. The zero-order valence-corrected chi connectivity index (χ0v) is 20.3. The van der Waals surface area contributed by atoms with Crippen LogP contribution in [0, 0.1) is 6.92 Å². The smallest absolute Gasteiger partial charge is 0.397 e. The van der Waals surface area contributed by atoms with Crippen molar-refractivity contribution >= 4 is 35.1 Å². The highest BCUT2D eigenvalue weighted by atomic mass is 35.5. The second kappa shape index (κ2) is 11.2. The summed E-state index contributed by atoms with van der Waals surface area (Å²) in [5.74, 6) is -1.65. The molecule has 0 heterocycles. The van der Waals surface area contributed by atoms with Crippen LogP contribution in [-0.4, -0.2) is 47.5 Å². The maximum atomic E-state index is 13.1. The second-order valence-electron chi connectivity index (χ2n) is 8.27. The molecule has 8 nitrogen and oxygen atoms in total. The first kappa shape index (κ1) is 25.4. The number of rotatable bonds is 6. The van der Waals surface area contributed by atoms with Gasteiger partial charge in [0.1, 0.15) is 17.2 Å². The van der Waals surface area contributed by atoms with Crippen molar-refractivity contribution in [3.63, 3.8) is 0 Å². The van der Waals surface area contributed by atoms with Crippen molar-refractivity contribution in [2.75, 3.05) is 19.0 Å². The number of phenolic OH excluding ortho intramolecular Hbond substituents is 1. The molecule has 0 bridgehead atoms. The summed E-state index contributed by atoms with van der Waals surface area (Å²) in [6.07, 6.45) is 5.26. The van der Waals surface area contributed by atoms with Gasteiger partial charge in [-0.3, -0.25) is 9.59 Å². The molecule has 0 saturated heterocycles. The topological polar surface area (TPSA) is 105 Å². The summed E-state index contributed by atoms with van der Waals surface area (Å²) in [5, 5.41) is 13.0. The highest BCUT2D eigenvalue weighted by Crippen LogP contribution is 2.37. The predicted octanol–water partition coefficient (Wildman–Crippen LogP) is 5.05. The number of aromatic hydroxyl groups is 1. The summed E-state index contributed by atoms with van der Waals surface area (Å²) >= 11 is 6.38. The van der Waals surface area contributed by atoms with Crippen LogP contribution < -0.4 is 10.1 Å². The Morgan fingerprint density at radius 1 is 1.15 bits per heavy atom. The number of amides is 2. The van der Waals surface area contributed by atoms with E-state index in [9.17, 15) is 19.5 Å². The molecular weight excluding hydrogens is 460 g/mol. The molecule has 34 heavy (non-hydrogen) atoms. The fraction of sp³-hybridized carbons (Fsp3) is 0.400. The van der Waals surface area contributed by atoms with Gasteiger partial charge in [0.2, 0.25) is 0 Å². The van der Waals surface area contributed by atoms with Gasteiger partial charge in [-0.1, -0.05) is 30.9 Å². The Bertz CT molecular complexity index is 1060. The molecule has 1 saturated carbocycles. The minimum Gasteiger partial charge on any atom is -0.507 e. The minimum absolute atomic E-state index is 0.0897. The van der Waals surface area contributed by atoms with Gasteiger partial charge in [0, 0.05) is 18.8 Å². The molecule has 2 aromatic rings. The van der Waals surface area contributed by atoms with E-state index in [-0.39, 0.29) is 34.9 Å². The standard InChI is InChI=1S/C25H29ClN2O6/c1-4-33-25(32)23(30)27-16-12-15(2)22(20(26)13-16)34-18-10-11-21(29)19(14-18)24(31)28(3)17-8-6-5-7-9-17/h10-14,17,29H,4-9H2,1-3H3,(H,27,30). The van der Waals surface area contributed by atoms with Crippen molar-refractivity contribution in [2.24, 2.45) is 0 Å². The normalized spacial score (nSPS) is 13.8. The van der Waals surface area contributed by atoms with Gasteiger partial charge in [0.05, 0.1) is 17.2 Å². The van der Waals surface area contributed by atoms with Crippen LogP contribution in [0.4, 0.5) is 5.69 Å². The van der Waals surface area contributed by atoms with Crippen molar-refractivity contribution in [3.8, 4) is 17.2 Å². The van der Waals surface area contributed by atoms with E-state index in [1.165, 1.54) is 24.6 Å². The first-order chi connectivity index (χ1) is 16.2. The molecule has 0 atom stereocenters. The summed E-state index contributed by atoms with van der Waals surface area (Å²) in [7, 11) is 1.76. The van der Waals surface area contributed by atoms with Crippen molar-refractivity contribution in [3.05, 3.63) is 46.5 Å². The van der Waals surface area contributed by atoms with Crippen molar-refractivity contribution in [1.82, 2.24) is 4.90 Å². The third kappa shape index (κ3) is 5.99. The largest absolute Gasteiger partial charge is 0.507 e. The summed E-state index contributed by atoms with van der Waals surface area (Å²) in [5.41, 5.74) is 1.05. The van der Waals surface area contributed by atoms with Crippen LogP contribution in [0.1, 0.15) is 54.9 Å². The highest BCUT2D eigenvalue weighted by molar-refractivity contribution is 6.37. The average molecular weight is 489 g/mol. The summed E-state index contributed by atoms with van der Waals surface area (Å²) in [6, 6.07) is 7.64. The lowest BCUT2D eigenvalue weighted by molar-refractivity contribution is -0.152. The lowest BCUT2D eigenvalue weighted by Crippen LogP contribution is -2.38. The number of carbonyl (C=O) groups excluding carboxylic acids is 3. The molecule has 1 aliphatic rings. The van der Waals surface area contributed by atoms with Crippen molar-refractivity contribution in [2.45, 2.75) is 52.0 Å². The molecule has 0 aliphatic heterocycles. The molecule has 0 radical (unpaired) electrons. The van der Waals surface area contributed by atoms with Gasteiger partial charge in [0.25, 0.3) is 5.91 Å². The van der Waals surface area contributed by atoms with Gasteiger partial charge in [-0.2, -0.15) is 0 Å². The number of ether oxygens (including phenoxy) is 2. The Labute approximate surface area is 203 Å². The maximum absolute atomic E-state index is 13.1. The van der Waals surface area contributed by atoms with Gasteiger partial charge in [-0.05, 0) is 62.6 Å². The molecule has 182 valence electrons. The molecule has 0 aromatic heterocycles. The van der Waals surface area contributed by atoms with Gasteiger partial charge < -0.3 is 24.8 Å². The summed E-state index contributed by atoms with van der Waals surface area (Å²) in [4.78, 5) is 38.2. The molecule has 2 amide bonds. The number of carbonyl (C=O) groups is 3. The van der Waals surface area contributed by atoms with Crippen LogP contribution in [0.2, 0.25) is 5.02 Å². The average Bonchev–Trinajstić information content (AvgIpc) is 2.82. The van der Waals surface area contributed by atoms with Crippen LogP contribution in [0.5, 0.6) is 17.2 Å². The number of nitrogens with one attached hydrogen (secondary N) is 1. The Hall–Kier alpha value is -3.26. The zero-order valence-electron chi connectivity index (χ0n) is 19.5. The Kier molecular flexibility index (Phi) is 8.39. The second-order valence-corrected chi connectivity index (χ2v) is 8.67. The number of hydrogen-bond donors (Lipinski definition) is 2. The van der Waals surface area contributed by atoms with Crippen LogP contribution in [-0.2, 0) is 14.3 Å².